The van der Waals surface area contributed by atoms with E-state index in [4.69, 9.17) is 9.05 Å². The molecule has 36 heavy (non-hydrogen) atoms. The minimum Gasteiger partial charge on any atom is -0.305 e. The lowest BCUT2D eigenvalue weighted by Gasteiger charge is -2.19. The summed E-state index contributed by atoms with van der Waals surface area (Å²) in [5.74, 6) is -0.129. The average molecular weight is 507 g/mol. The van der Waals surface area contributed by atoms with E-state index in [2.05, 4.69) is 0 Å². The van der Waals surface area contributed by atoms with E-state index in [1.165, 1.54) is 0 Å². The number of rotatable bonds is 11. The third-order valence-electron chi connectivity index (χ3n) is 6.16. The molecule has 3 aromatic carbocycles. The number of ketones is 2. The van der Waals surface area contributed by atoms with E-state index in [-0.39, 0.29) is 37.6 Å². The first-order valence-electron chi connectivity index (χ1n) is 12.2. The quantitative estimate of drug-likeness (QED) is 0.208. The van der Waals surface area contributed by atoms with Crippen molar-refractivity contribution < 1.29 is 23.2 Å². The third-order valence-corrected chi connectivity index (χ3v) is 8.14. The summed E-state index contributed by atoms with van der Waals surface area (Å²) in [5, 5.41) is 0.398. The van der Waals surface area contributed by atoms with Crippen molar-refractivity contribution in [3.8, 4) is 0 Å². The van der Waals surface area contributed by atoms with Crippen LogP contribution in [0.25, 0.3) is 0 Å². The largest absolute Gasteiger partial charge is 0.361 e. The summed E-state index contributed by atoms with van der Waals surface area (Å²) in [4.78, 5) is 25.8. The molecule has 6 heteroatoms. The molecular weight excluding hydrogens is 471 g/mol. The maximum absolute atomic E-state index is 13.7. The summed E-state index contributed by atoms with van der Waals surface area (Å²) < 4.78 is 25.3. The first-order valence-corrected chi connectivity index (χ1v) is 13.7. The highest BCUT2D eigenvalue weighted by Gasteiger charge is 2.28. The van der Waals surface area contributed by atoms with Gasteiger partial charge >= 0.3 is 7.60 Å². The predicted octanol–water partition coefficient (Wildman–Crippen LogP) is 6.93. The Morgan fingerprint density at radius 1 is 0.639 bits per heavy atom. The van der Waals surface area contributed by atoms with Gasteiger partial charge in [0.25, 0.3) is 0 Å². The molecule has 0 aliphatic rings. The first-order chi connectivity index (χ1) is 17.0. The van der Waals surface area contributed by atoms with Gasteiger partial charge in [-0.3, -0.25) is 14.2 Å². The van der Waals surface area contributed by atoms with Crippen LogP contribution in [0.4, 0.5) is 0 Å². The van der Waals surface area contributed by atoms with Gasteiger partial charge in [0.05, 0.1) is 18.5 Å². The molecule has 3 aromatic rings. The number of carbonyl (C=O) groups excluding carboxylic acids is 2. The molecule has 190 valence electrons. The number of aryl methyl sites for hydroxylation is 6. The zero-order chi connectivity index (χ0) is 26.5. The van der Waals surface area contributed by atoms with Gasteiger partial charge in [0.2, 0.25) is 0 Å². The average Bonchev–Trinajstić information content (AvgIpc) is 2.78. The topological polar surface area (TPSA) is 69.7 Å². The van der Waals surface area contributed by atoms with Gasteiger partial charge in [0, 0.05) is 24.0 Å². The molecule has 0 radical (unpaired) electrons. The molecule has 0 saturated carbocycles. The fourth-order valence-corrected chi connectivity index (χ4v) is 6.38. The Morgan fingerprint density at radius 2 is 1.00 bits per heavy atom. The molecule has 0 heterocycles. The summed E-state index contributed by atoms with van der Waals surface area (Å²) in [7, 11) is -3.73. The minimum atomic E-state index is -3.73. The number of hydrogen-bond acceptors (Lipinski definition) is 5. The molecule has 0 N–H and O–H groups in total. The van der Waals surface area contributed by atoms with Crippen LogP contribution in [0.1, 0.15) is 66.9 Å². The second-order valence-electron chi connectivity index (χ2n) is 9.39. The molecule has 3 rings (SSSR count). The molecule has 0 amide bonds. The van der Waals surface area contributed by atoms with Crippen LogP contribution in [0.2, 0.25) is 0 Å². The normalized spacial score (nSPS) is 11.5. The Hall–Kier alpha value is -2.85. The van der Waals surface area contributed by atoms with Crippen molar-refractivity contribution >= 4 is 24.5 Å². The van der Waals surface area contributed by atoms with Crippen LogP contribution in [0.15, 0.2) is 54.6 Å². The van der Waals surface area contributed by atoms with E-state index in [9.17, 15) is 14.2 Å². The molecule has 0 aliphatic carbocycles. The van der Waals surface area contributed by atoms with Crippen molar-refractivity contribution in [2.24, 2.45) is 0 Å². The van der Waals surface area contributed by atoms with Crippen molar-refractivity contribution in [1.82, 2.24) is 0 Å². The fraction of sp³-hybridized carbons (Fsp3) is 0.333. The molecule has 0 spiro atoms. The SMILES string of the molecule is Cc1cc(C)c(C(=O)CCOP(=O)(OCCC(=O)c2c(C)cc(C)cc2C)c2ccccc2)c(C)c1. The molecule has 0 unspecified atom stereocenters. The zero-order valence-corrected chi connectivity index (χ0v) is 22.9. The smallest absolute Gasteiger partial charge is 0.305 e. The summed E-state index contributed by atoms with van der Waals surface area (Å²) >= 11 is 0. The number of Topliss-reactive ketones (excluding diaryl/α,β-unsaturated/α-hetero) is 2. The highest BCUT2D eigenvalue weighted by molar-refractivity contribution is 7.62. The van der Waals surface area contributed by atoms with E-state index >= 15 is 0 Å². The third kappa shape index (κ3) is 6.67. The van der Waals surface area contributed by atoms with Crippen LogP contribution in [-0.2, 0) is 13.6 Å². The van der Waals surface area contributed by atoms with Gasteiger partial charge in [-0.25, -0.2) is 0 Å². The Labute approximate surface area is 214 Å². The molecule has 0 bridgehead atoms. The Morgan fingerprint density at radius 3 is 1.36 bits per heavy atom. The molecule has 0 saturated heterocycles. The Kier molecular flexibility index (Phi) is 9.19. The summed E-state index contributed by atoms with van der Waals surface area (Å²) in [5.41, 5.74) is 7.22. The monoisotopic (exact) mass is 506 g/mol. The van der Waals surface area contributed by atoms with Gasteiger partial charge in [-0.2, -0.15) is 0 Å². The lowest BCUT2D eigenvalue weighted by Crippen LogP contribution is -2.15. The van der Waals surface area contributed by atoms with Crippen LogP contribution in [0.5, 0.6) is 0 Å². The maximum atomic E-state index is 13.7. The number of benzene rings is 3. The second-order valence-corrected chi connectivity index (χ2v) is 11.4. The van der Waals surface area contributed by atoms with Gasteiger partial charge in [0.1, 0.15) is 0 Å². The predicted molar refractivity (Wildman–Crippen MR) is 145 cm³/mol. The molecule has 0 fully saturated rings. The molecule has 0 aliphatic heterocycles. The minimum absolute atomic E-state index is 0.0537. The van der Waals surface area contributed by atoms with Gasteiger partial charge in [0.15, 0.2) is 11.6 Å². The molecule has 0 atom stereocenters. The zero-order valence-electron chi connectivity index (χ0n) is 22.0. The number of hydrogen-bond donors (Lipinski definition) is 0. The maximum Gasteiger partial charge on any atom is 0.361 e. The van der Waals surface area contributed by atoms with E-state index in [1.807, 2.05) is 71.9 Å². The van der Waals surface area contributed by atoms with E-state index in [1.54, 1.807) is 24.3 Å². The lowest BCUT2D eigenvalue weighted by molar-refractivity contribution is 0.0950. The molecule has 0 aromatic heterocycles. The summed E-state index contributed by atoms with van der Waals surface area (Å²) in [6.07, 6.45) is 0.150. The highest BCUT2D eigenvalue weighted by atomic mass is 31.2. The number of carbonyl (C=O) groups is 2. The molecule has 5 nitrogen and oxygen atoms in total. The van der Waals surface area contributed by atoms with Crippen molar-refractivity contribution in [2.45, 2.75) is 54.4 Å². The summed E-state index contributed by atoms with van der Waals surface area (Å²) in [6.45, 7) is 11.6. The highest BCUT2D eigenvalue weighted by Crippen LogP contribution is 2.47. The van der Waals surface area contributed by atoms with Crippen LogP contribution >= 0.6 is 7.60 Å². The van der Waals surface area contributed by atoms with Gasteiger partial charge in [-0.15, -0.1) is 0 Å². The van der Waals surface area contributed by atoms with Crippen LogP contribution in [0.3, 0.4) is 0 Å². The van der Waals surface area contributed by atoms with Crippen LogP contribution in [0, 0.1) is 41.5 Å². The van der Waals surface area contributed by atoms with Crippen molar-refractivity contribution in [1.29, 1.82) is 0 Å². The summed E-state index contributed by atoms with van der Waals surface area (Å²) in [6, 6.07) is 16.6. The lowest BCUT2D eigenvalue weighted by atomic mass is 9.95. The standard InChI is InChI=1S/C30H35O5P/c1-20-16-22(3)29(23(4)17-20)27(31)12-14-34-36(33,26-10-8-7-9-11-26)35-15-13-28(32)30-24(5)18-21(2)19-25(30)6/h7-11,16-19H,12-15H2,1-6H3. The van der Waals surface area contributed by atoms with Crippen LogP contribution in [-0.4, -0.2) is 24.8 Å². The second kappa shape index (κ2) is 11.9. The van der Waals surface area contributed by atoms with Crippen molar-refractivity contribution in [3.63, 3.8) is 0 Å². The van der Waals surface area contributed by atoms with Gasteiger partial charge < -0.3 is 9.05 Å². The van der Waals surface area contributed by atoms with E-state index in [0.717, 1.165) is 33.4 Å². The van der Waals surface area contributed by atoms with Crippen molar-refractivity contribution in [3.05, 3.63) is 99.1 Å². The fourth-order valence-electron chi connectivity index (χ4n) is 4.80. The molecular formula is C30H35O5P. The van der Waals surface area contributed by atoms with E-state index in [0.29, 0.717) is 16.4 Å². The van der Waals surface area contributed by atoms with Gasteiger partial charge in [-0.05, 0) is 75.9 Å². The Balaban J connectivity index is 1.69. The Bertz CT molecular complexity index is 1180. The van der Waals surface area contributed by atoms with Crippen LogP contribution < -0.4 is 5.30 Å². The van der Waals surface area contributed by atoms with Gasteiger partial charge in [-0.1, -0.05) is 53.6 Å². The van der Waals surface area contributed by atoms with Crippen molar-refractivity contribution in [2.75, 3.05) is 13.2 Å². The first kappa shape index (κ1) is 27.7. The van der Waals surface area contributed by atoms with E-state index < -0.39 is 7.60 Å².